The first-order chi connectivity index (χ1) is 13.6. The smallest absolute Gasteiger partial charge is 0.255 e. The highest BCUT2D eigenvalue weighted by molar-refractivity contribution is 5.94. The van der Waals surface area contributed by atoms with E-state index in [4.69, 9.17) is 9.47 Å². The molecule has 148 valence electrons. The summed E-state index contributed by atoms with van der Waals surface area (Å²) in [7, 11) is 1.68. The molecule has 2 aromatic rings. The van der Waals surface area contributed by atoms with Crippen LogP contribution in [0, 0.1) is 6.92 Å². The number of hydrogen-bond donors (Lipinski definition) is 1. The normalized spacial score (nSPS) is 20.9. The Kier molecular flexibility index (Phi) is 5.22. The number of likely N-dealkylation sites (tertiary alicyclic amines) is 1. The number of ether oxygens (including phenoxy) is 2. The van der Waals surface area contributed by atoms with E-state index in [0.29, 0.717) is 12.2 Å². The average Bonchev–Trinajstić information content (AvgIpc) is 3.10. The van der Waals surface area contributed by atoms with Gasteiger partial charge in [-0.1, -0.05) is 6.07 Å². The number of methoxy groups -OCH3 is 1. The predicted octanol–water partition coefficient (Wildman–Crippen LogP) is 3.27. The van der Waals surface area contributed by atoms with Gasteiger partial charge in [0.25, 0.3) is 5.91 Å². The van der Waals surface area contributed by atoms with E-state index in [1.807, 2.05) is 48.2 Å². The molecule has 1 N–H and O–H groups in total. The summed E-state index contributed by atoms with van der Waals surface area (Å²) in [5, 5.41) is 3.56. The van der Waals surface area contributed by atoms with Gasteiger partial charge < -0.3 is 19.7 Å². The first kappa shape index (κ1) is 18.7. The molecule has 2 aliphatic heterocycles. The number of carbonyl (C=O) groups excluding carboxylic acids is 1. The third-order valence-corrected chi connectivity index (χ3v) is 5.77. The maximum atomic E-state index is 12.7. The van der Waals surface area contributed by atoms with E-state index in [0.717, 1.165) is 49.5 Å². The first-order valence-corrected chi connectivity index (χ1v) is 9.83. The standard InChI is InChI=1S/C22H27N3O3/c1-16-6-7-17(14-23-16)21(26)25-10-8-22(9-11-25)13-19(15-28-22)24-18-4-3-5-20(12-18)27-2/h3-7,12,14,19,24H,8-11,13,15H2,1-2H3. The minimum Gasteiger partial charge on any atom is -0.497 e. The lowest BCUT2D eigenvalue weighted by Crippen LogP contribution is -2.46. The van der Waals surface area contributed by atoms with Crippen molar-refractivity contribution in [1.82, 2.24) is 9.88 Å². The number of nitrogens with one attached hydrogen (secondary N) is 1. The number of anilines is 1. The maximum Gasteiger partial charge on any atom is 0.255 e. The number of nitrogens with zero attached hydrogens (tertiary/aromatic N) is 2. The second kappa shape index (κ2) is 7.80. The molecule has 0 aliphatic carbocycles. The van der Waals surface area contributed by atoms with Crippen LogP contribution in [0.4, 0.5) is 5.69 Å². The second-order valence-corrected chi connectivity index (χ2v) is 7.75. The minimum atomic E-state index is -0.126. The number of hydrogen-bond acceptors (Lipinski definition) is 5. The van der Waals surface area contributed by atoms with Crippen LogP contribution in [0.5, 0.6) is 5.75 Å². The summed E-state index contributed by atoms with van der Waals surface area (Å²) in [6.45, 7) is 4.05. The number of piperidine rings is 1. The number of aryl methyl sites for hydroxylation is 1. The van der Waals surface area contributed by atoms with Crippen molar-refractivity contribution in [3.05, 3.63) is 53.9 Å². The van der Waals surface area contributed by atoms with Gasteiger partial charge in [0.1, 0.15) is 5.75 Å². The third-order valence-electron chi connectivity index (χ3n) is 5.77. The Morgan fingerprint density at radius 3 is 2.82 bits per heavy atom. The molecular formula is C22H27N3O3. The molecule has 1 amide bonds. The number of pyridine rings is 1. The lowest BCUT2D eigenvalue weighted by Gasteiger charge is -2.38. The molecule has 6 heteroatoms. The van der Waals surface area contributed by atoms with E-state index in [1.165, 1.54) is 0 Å². The van der Waals surface area contributed by atoms with Gasteiger partial charge in [0.2, 0.25) is 0 Å². The molecule has 4 rings (SSSR count). The van der Waals surface area contributed by atoms with E-state index in [-0.39, 0.29) is 17.6 Å². The van der Waals surface area contributed by atoms with Crippen molar-refractivity contribution in [2.75, 3.05) is 32.1 Å². The third kappa shape index (κ3) is 3.97. The quantitative estimate of drug-likeness (QED) is 0.881. The molecule has 1 atom stereocenters. The van der Waals surface area contributed by atoms with Crippen molar-refractivity contribution < 1.29 is 14.3 Å². The van der Waals surface area contributed by atoms with Crippen molar-refractivity contribution in [2.24, 2.45) is 0 Å². The number of rotatable bonds is 4. The van der Waals surface area contributed by atoms with Crippen molar-refractivity contribution in [2.45, 2.75) is 37.8 Å². The summed E-state index contributed by atoms with van der Waals surface area (Å²) in [6, 6.07) is 12.0. The van der Waals surface area contributed by atoms with Gasteiger partial charge >= 0.3 is 0 Å². The summed E-state index contributed by atoms with van der Waals surface area (Å²) in [5.74, 6) is 0.905. The molecular weight excluding hydrogens is 354 g/mol. The van der Waals surface area contributed by atoms with Gasteiger partial charge in [-0.3, -0.25) is 9.78 Å². The molecule has 1 unspecified atom stereocenters. The van der Waals surface area contributed by atoms with Crippen molar-refractivity contribution in [1.29, 1.82) is 0 Å². The van der Waals surface area contributed by atoms with Crippen LogP contribution in [-0.2, 0) is 4.74 Å². The summed E-state index contributed by atoms with van der Waals surface area (Å²) in [5.41, 5.74) is 2.50. The molecule has 2 saturated heterocycles. The lowest BCUT2D eigenvalue weighted by molar-refractivity contribution is -0.0388. The molecule has 1 aromatic heterocycles. The highest BCUT2D eigenvalue weighted by Crippen LogP contribution is 2.37. The zero-order valence-electron chi connectivity index (χ0n) is 16.5. The van der Waals surface area contributed by atoms with Gasteiger partial charge in [0, 0.05) is 36.7 Å². The highest BCUT2D eigenvalue weighted by atomic mass is 16.5. The van der Waals surface area contributed by atoms with E-state index in [1.54, 1.807) is 13.3 Å². The van der Waals surface area contributed by atoms with Crippen LogP contribution in [0.1, 0.15) is 35.3 Å². The Morgan fingerprint density at radius 2 is 2.11 bits per heavy atom. The van der Waals surface area contributed by atoms with Crippen LogP contribution in [0.3, 0.4) is 0 Å². The molecule has 0 bridgehead atoms. The first-order valence-electron chi connectivity index (χ1n) is 9.83. The monoisotopic (exact) mass is 381 g/mol. The van der Waals surface area contributed by atoms with Crippen LogP contribution in [0.2, 0.25) is 0 Å². The fourth-order valence-electron chi connectivity index (χ4n) is 4.13. The van der Waals surface area contributed by atoms with Crippen LogP contribution < -0.4 is 10.1 Å². The number of amides is 1. The molecule has 2 aliphatic rings. The molecule has 3 heterocycles. The maximum absolute atomic E-state index is 12.7. The van der Waals surface area contributed by atoms with Gasteiger partial charge in [-0.15, -0.1) is 0 Å². The fraction of sp³-hybridized carbons (Fsp3) is 0.455. The summed E-state index contributed by atoms with van der Waals surface area (Å²) in [4.78, 5) is 18.9. The number of carbonyl (C=O) groups is 1. The van der Waals surface area contributed by atoms with E-state index in [2.05, 4.69) is 10.3 Å². The van der Waals surface area contributed by atoms with Crippen LogP contribution >= 0.6 is 0 Å². The van der Waals surface area contributed by atoms with Gasteiger partial charge in [0.05, 0.1) is 30.9 Å². The number of benzene rings is 1. The molecule has 2 fully saturated rings. The Morgan fingerprint density at radius 1 is 1.29 bits per heavy atom. The molecule has 28 heavy (non-hydrogen) atoms. The lowest BCUT2D eigenvalue weighted by atomic mass is 9.87. The van der Waals surface area contributed by atoms with Crippen LogP contribution in [-0.4, -0.2) is 54.2 Å². The Balaban J connectivity index is 1.33. The SMILES string of the molecule is COc1cccc(NC2COC3(CCN(C(=O)c4ccc(C)nc4)CC3)C2)c1. The predicted molar refractivity (Wildman–Crippen MR) is 108 cm³/mol. The largest absolute Gasteiger partial charge is 0.497 e. The second-order valence-electron chi connectivity index (χ2n) is 7.75. The Labute approximate surface area is 165 Å². The summed E-state index contributed by atoms with van der Waals surface area (Å²) < 4.78 is 11.5. The summed E-state index contributed by atoms with van der Waals surface area (Å²) in [6.07, 6.45) is 4.36. The molecule has 0 radical (unpaired) electrons. The average molecular weight is 381 g/mol. The summed E-state index contributed by atoms with van der Waals surface area (Å²) >= 11 is 0. The Hall–Kier alpha value is -2.60. The molecule has 1 spiro atoms. The van der Waals surface area contributed by atoms with E-state index < -0.39 is 0 Å². The van der Waals surface area contributed by atoms with Crippen molar-refractivity contribution in [3.8, 4) is 5.75 Å². The molecule has 0 saturated carbocycles. The van der Waals surface area contributed by atoms with Crippen LogP contribution in [0.15, 0.2) is 42.6 Å². The molecule has 1 aromatic carbocycles. The van der Waals surface area contributed by atoms with Gasteiger partial charge in [-0.2, -0.15) is 0 Å². The zero-order chi connectivity index (χ0) is 19.6. The van der Waals surface area contributed by atoms with Crippen molar-refractivity contribution in [3.63, 3.8) is 0 Å². The van der Waals surface area contributed by atoms with Crippen LogP contribution in [0.25, 0.3) is 0 Å². The van der Waals surface area contributed by atoms with Gasteiger partial charge in [0.15, 0.2) is 0 Å². The number of aromatic nitrogens is 1. The fourth-order valence-corrected chi connectivity index (χ4v) is 4.13. The van der Waals surface area contributed by atoms with E-state index >= 15 is 0 Å². The Bertz CT molecular complexity index is 829. The highest BCUT2D eigenvalue weighted by Gasteiger charge is 2.43. The molecule has 6 nitrogen and oxygen atoms in total. The minimum absolute atomic E-state index is 0.0615. The zero-order valence-corrected chi connectivity index (χ0v) is 16.5. The topological polar surface area (TPSA) is 63.7 Å². The van der Waals surface area contributed by atoms with Gasteiger partial charge in [-0.05, 0) is 50.5 Å². The van der Waals surface area contributed by atoms with E-state index in [9.17, 15) is 4.79 Å². The van der Waals surface area contributed by atoms with Crippen molar-refractivity contribution >= 4 is 11.6 Å². The van der Waals surface area contributed by atoms with Gasteiger partial charge in [-0.25, -0.2) is 0 Å².